The van der Waals surface area contributed by atoms with E-state index in [0.29, 0.717) is 13.1 Å². The Morgan fingerprint density at radius 3 is 2.13 bits per heavy atom. The number of urea groups is 1. The average Bonchev–Trinajstić information content (AvgIpc) is 3.36. The number of likely N-dealkylation sites (tertiary alicyclic amines) is 1. The molecule has 0 spiro atoms. The second-order valence-corrected chi connectivity index (χ2v) is 9.95. The number of amides is 3. The number of carbonyl (C=O) groups is 2. The van der Waals surface area contributed by atoms with Crippen molar-refractivity contribution < 1.29 is 22.7 Å². The predicted molar refractivity (Wildman–Crippen MR) is 114 cm³/mol. The van der Waals surface area contributed by atoms with Crippen molar-refractivity contribution in [2.24, 2.45) is 0 Å². The summed E-state index contributed by atoms with van der Waals surface area (Å²) in [4.78, 5) is 25.6. The Morgan fingerprint density at radius 2 is 1.60 bits per heavy atom. The predicted octanol–water partition coefficient (Wildman–Crippen LogP) is 1.97. The Bertz CT molecular complexity index is 910. The smallest absolute Gasteiger partial charge is 0.409 e. The van der Waals surface area contributed by atoms with Gasteiger partial charge in [0.15, 0.2) is 0 Å². The minimum absolute atomic E-state index is 0. The zero-order valence-electron chi connectivity index (χ0n) is 17.6. The molecule has 159 valence electrons. The van der Waals surface area contributed by atoms with E-state index in [1.54, 1.807) is 0 Å². The Labute approximate surface area is 220 Å². The largest absolute Gasteiger partial charge is 0.453 e. The summed E-state index contributed by atoms with van der Waals surface area (Å²) in [6, 6.07) is 1.56. The van der Waals surface area contributed by atoms with Crippen molar-refractivity contribution in [2.45, 2.75) is 56.6 Å². The van der Waals surface area contributed by atoms with Crippen LogP contribution in [0.3, 0.4) is 0 Å². The Kier molecular flexibility index (Phi) is 7.89. The Morgan fingerprint density at radius 1 is 1.03 bits per heavy atom. The number of hydrogen-bond acceptors (Lipinski definition) is 5. The third kappa shape index (κ3) is 4.88. The molecular formula is C20H27KN3O5S. The van der Waals surface area contributed by atoms with E-state index in [1.807, 2.05) is 0 Å². The Hall–Kier alpha value is -0.654. The molecule has 4 rings (SSSR count). The molecular weight excluding hydrogens is 433 g/mol. The van der Waals surface area contributed by atoms with Gasteiger partial charge in [-0.1, -0.05) is 6.07 Å². The fraction of sp³-hybridized carbons (Fsp3) is 0.600. The van der Waals surface area contributed by atoms with Crippen LogP contribution in [-0.4, -0.2) is 102 Å². The van der Waals surface area contributed by atoms with Crippen LogP contribution in [0.15, 0.2) is 6.07 Å². The van der Waals surface area contributed by atoms with Gasteiger partial charge in [-0.2, -0.15) is 0 Å². The van der Waals surface area contributed by atoms with Crippen molar-refractivity contribution in [1.82, 2.24) is 9.62 Å². The number of nitrogens with one attached hydrogen (secondary N) is 2. The van der Waals surface area contributed by atoms with Crippen LogP contribution in [-0.2, 0) is 40.4 Å². The molecule has 2 aliphatic carbocycles. The number of benzene rings is 1. The first kappa shape index (κ1) is 24.0. The van der Waals surface area contributed by atoms with Crippen molar-refractivity contribution in [1.29, 1.82) is 0 Å². The van der Waals surface area contributed by atoms with Gasteiger partial charge in [0.2, 0.25) is 10.0 Å². The molecule has 3 aliphatic rings. The van der Waals surface area contributed by atoms with Gasteiger partial charge in [-0.3, -0.25) is 0 Å². The number of fused-ring (bicyclic) bond motifs is 2. The monoisotopic (exact) mass is 460 g/mol. The van der Waals surface area contributed by atoms with Gasteiger partial charge in [0.25, 0.3) is 0 Å². The Balaban J connectivity index is 0.00000256. The molecule has 1 aliphatic heterocycles. The third-order valence-corrected chi connectivity index (χ3v) is 8.08. The second kappa shape index (κ2) is 9.87. The van der Waals surface area contributed by atoms with E-state index in [2.05, 4.69) is 20.8 Å². The van der Waals surface area contributed by atoms with E-state index in [1.165, 1.54) is 23.1 Å². The molecule has 1 aromatic rings. The first-order valence-corrected chi connectivity index (χ1v) is 11.8. The number of nitrogens with zero attached hydrogens (tertiary/aromatic N) is 1. The third-order valence-electron chi connectivity index (χ3n) is 6.26. The van der Waals surface area contributed by atoms with Crippen molar-refractivity contribution in [2.75, 3.05) is 25.5 Å². The molecule has 0 unspecified atom stereocenters. The summed E-state index contributed by atoms with van der Waals surface area (Å²) in [6.07, 6.45) is 6.05. The molecule has 0 atom stereocenters. The number of aryl methyl sites for hydroxylation is 2. The number of hydrogen-bond donors (Lipinski definition) is 2. The van der Waals surface area contributed by atoms with E-state index < -0.39 is 27.4 Å². The van der Waals surface area contributed by atoms with Crippen molar-refractivity contribution in [3.63, 3.8) is 0 Å². The van der Waals surface area contributed by atoms with Gasteiger partial charge in [-0.05, 0) is 73.6 Å². The molecule has 30 heavy (non-hydrogen) atoms. The summed E-state index contributed by atoms with van der Waals surface area (Å²) in [5.41, 5.74) is 5.69. The van der Waals surface area contributed by atoms with Crippen LogP contribution in [0.2, 0.25) is 0 Å². The van der Waals surface area contributed by atoms with Gasteiger partial charge in [0.1, 0.15) is 0 Å². The van der Waals surface area contributed by atoms with Crippen LogP contribution in [0.4, 0.5) is 15.3 Å². The van der Waals surface area contributed by atoms with Gasteiger partial charge < -0.3 is 15.0 Å². The zero-order chi connectivity index (χ0) is 20.6. The molecule has 2 N–H and O–H groups in total. The summed E-state index contributed by atoms with van der Waals surface area (Å²) >= 11 is 0. The standard InChI is InChI=1S/C20H27N3O5S.K/c1-28-20(25)23-10-8-15(9-11-23)29(26,27)22-19(24)21-18-16-6-2-4-13(16)12-14-5-3-7-17(14)18;/h12,15H,2-11H2,1H3,(H2,21,22,24);. The summed E-state index contributed by atoms with van der Waals surface area (Å²) in [5.74, 6) is 0. The van der Waals surface area contributed by atoms with E-state index in [9.17, 15) is 18.0 Å². The van der Waals surface area contributed by atoms with Gasteiger partial charge in [-0.15, -0.1) is 0 Å². The molecule has 0 aromatic heterocycles. The minimum Gasteiger partial charge on any atom is -0.453 e. The van der Waals surface area contributed by atoms with Crippen LogP contribution in [0.25, 0.3) is 0 Å². The van der Waals surface area contributed by atoms with Crippen molar-refractivity contribution in [3.8, 4) is 0 Å². The number of sulfonamides is 1. The normalized spacial score (nSPS) is 18.2. The molecule has 1 radical (unpaired) electrons. The molecule has 1 aromatic carbocycles. The van der Waals surface area contributed by atoms with E-state index in [0.717, 1.165) is 55.3 Å². The fourth-order valence-corrected chi connectivity index (χ4v) is 6.10. The van der Waals surface area contributed by atoms with Crippen LogP contribution < -0.4 is 10.0 Å². The number of carbonyl (C=O) groups excluding carboxylic acids is 2. The van der Waals surface area contributed by atoms with Crippen LogP contribution >= 0.6 is 0 Å². The number of methoxy groups -OCH3 is 1. The van der Waals surface area contributed by atoms with Gasteiger partial charge in [-0.25, -0.2) is 22.7 Å². The topological polar surface area (TPSA) is 105 Å². The first-order valence-electron chi connectivity index (χ1n) is 10.2. The molecule has 1 saturated heterocycles. The van der Waals surface area contributed by atoms with Crippen LogP contribution in [0, 0.1) is 0 Å². The van der Waals surface area contributed by atoms with Gasteiger partial charge >= 0.3 is 12.1 Å². The average molecular weight is 461 g/mol. The van der Waals surface area contributed by atoms with Crippen molar-refractivity contribution >= 4 is 79.2 Å². The molecule has 0 saturated carbocycles. The molecule has 0 bridgehead atoms. The first-order chi connectivity index (χ1) is 13.9. The maximum Gasteiger partial charge on any atom is 0.409 e. The van der Waals surface area contributed by atoms with E-state index >= 15 is 0 Å². The molecule has 1 fully saturated rings. The number of rotatable bonds is 3. The number of piperidine rings is 1. The summed E-state index contributed by atoms with van der Waals surface area (Å²) < 4.78 is 32.3. The van der Waals surface area contributed by atoms with Crippen LogP contribution in [0.1, 0.15) is 47.9 Å². The van der Waals surface area contributed by atoms with E-state index in [-0.39, 0.29) is 64.2 Å². The molecule has 1 heterocycles. The van der Waals surface area contributed by atoms with E-state index in [4.69, 9.17) is 0 Å². The molecule has 10 heteroatoms. The van der Waals surface area contributed by atoms with Gasteiger partial charge in [0, 0.05) is 70.2 Å². The fourth-order valence-electron chi connectivity index (χ4n) is 4.80. The zero-order valence-corrected chi connectivity index (χ0v) is 21.6. The number of anilines is 1. The summed E-state index contributed by atoms with van der Waals surface area (Å²) in [6.45, 7) is 0.582. The summed E-state index contributed by atoms with van der Waals surface area (Å²) in [7, 11) is -2.53. The summed E-state index contributed by atoms with van der Waals surface area (Å²) in [5, 5.41) is 2.15. The van der Waals surface area contributed by atoms with Crippen molar-refractivity contribution in [3.05, 3.63) is 28.3 Å². The van der Waals surface area contributed by atoms with Gasteiger partial charge in [0.05, 0.1) is 12.4 Å². The molecule has 8 nitrogen and oxygen atoms in total. The minimum atomic E-state index is -3.83. The maximum absolute atomic E-state index is 12.7. The quantitative estimate of drug-likeness (QED) is 0.671. The maximum atomic E-state index is 12.7. The number of ether oxygens (including phenoxy) is 1. The molecule has 3 amide bonds. The second-order valence-electron chi connectivity index (χ2n) is 7.99. The van der Waals surface area contributed by atoms with Crippen LogP contribution in [0.5, 0.6) is 0 Å². The SMILES string of the molecule is COC(=O)N1CCC(S(=O)(=O)NC(=O)Nc2c3c(cc4c2CCC4)CCC3)CC1.[K].